The monoisotopic (exact) mass is 282 g/mol. The number of ketones is 1. The first kappa shape index (κ1) is 14.6. The van der Waals surface area contributed by atoms with E-state index in [1.54, 1.807) is 14.0 Å². The second-order valence-corrected chi connectivity index (χ2v) is 6.44. The molecule has 1 aliphatic rings. The number of likely N-dealkylation sites (tertiary alicyclic amines) is 1. The molecule has 0 aromatic carbocycles. The van der Waals surface area contributed by atoms with Crippen LogP contribution in [0.5, 0.6) is 0 Å². The van der Waals surface area contributed by atoms with Crippen molar-refractivity contribution in [3.63, 3.8) is 0 Å². The second-order valence-electron chi connectivity index (χ2n) is 5.36. The molecule has 4 nitrogen and oxygen atoms in total. The lowest BCUT2D eigenvalue weighted by Crippen LogP contribution is -2.33. The van der Waals surface area contributed by atoms with E-state index in [1.165, 1.54) is 24.2 Å². The largest absolute Gasteiger partial charge is 0.378 e. The van der Waals surface area contributed by atoms with Crippen LogP contribution in [0.2, 0.25) is 0 Å². The van der Waals surface area contributed by atoms with Gasteiger partial charge >= 0.3 is 0 Å². The van der Waals surface area contributed by atoms with Gasteiger partial charge in [-0.2, -0.15) is 0 Å². The molecule has 0 aliphatic carbocycles. The molecule has 0 saturated carbocycles. The van der Waals surface area contributed by atoms with Crippen LogP contribution < -0.4 is 0 Å². The fourth-order valence-corrected chi connectivity index (χ4v) is 3.60. The molecule has 0 bridgehead atoms. The Labute approximate surface area is 118 Å². The van der Waals surface area contributed by atoms with E-state index in [4.69, 9.17) is 4.74 Å². The van der Waals surface area contributed by atoms with E-state index in [0.29, 0.717) is 6.61 Å². The highest BCUT2D eigenvalue weighted by molar-refractivity contribution is 7.13. The maximum atomic E-state index is 11.6. The number of thiazole rings is 1. The molecule has 1 unspecified atom stereocenters. The number of Topliss-reactive ketones (excluding diaryl/α,β-unsaturated/α-hetero) is 1. The Bertz CT molecular complexity index is 445. The van der Waals surface area contributed by atoms with Crippen molar-refractivity contribution in [3.8, 4) is 0 Å². The summed E-state index contributed by atoms with van der Waals surface area (Å²) in [6.07, 6.45) is 2.58. The zero-order valence-electron chi connectivity index (χ0n) is 11.9. The molecule has 2 rings (SSSR count). The molecule has 0 amide bonds. The van der Waals surface area contributed by atoms with Crippen molar-refractivity contribution in [1.29, 1.82) is 0 Å². The summed E-state index contributed by atoms with van der Waals surface area (Å²) in [5.74, 6) is 0.849. The van der Waals surface area contributed by atoms with Gasteiger partial charge in [-0.05, 0) is 25.3 Å². The summed E-state index contributed by atoms with van der Waals surface area (Å²) < 4.78 is 5.12. The number of hydrogen-bond donors (Lipinski definition) is 0. The molecule has 1 fully saturated rings. The Morgan fingerprint density at radius 2 is 2.37 bits per heavy atom. The van der Waals surface area contributed by atoms with Crippen LogP contribution in [0.1, 0.15) is 47.1 Å². The van der Waals surface area contributed by atoms with E-state index in [2.05, 4.69) is 16.8 Å². The topological polar surface area (TPSA) is 42.4 Å². The predicted molar refractivity (Wildman–Crippen MR) is 76.5 cm³/mol. The number of carbonyl (C=O) groups is 1. The standard InChI is InChI=1S/C14H22N2O2S/c1-10-5-4-6-16(7-10)8-13-15-12(9-18-3)14(19-13)11(2)17/h10H,4-9H2,1-3H3. The predicted octanol–water partition coefficient (Wildman–Crippen LogP) is 2.72. The molecule has 1 saturated heterocycles. The van der Waals surface area contributed by atoms with Gasteiger partial charge in [0, 0.05) is 20.6 Å². The minimum absolute atomic E-state index is 0.0859. The third-order valence-corrected chi connectivity index (χ3v) is 4.63. The summed E-state index contributed by atoms with van der Waals surface area (Å²) in [7, 11) is 1.63. The van der Waals surface area contributed by atoms with Gasteiger partial charge in [-0.1, -0.05) is 6.92 Å². The van der Waals surface area contributed by atoms with Crippen LogP contribution in [-0.2, 0) is 17.9 Å². The summed E-state index contributed by atoms with van der Waals surface area (Å²) in [5, 5.41) is 1.03. The molecule has 0 N–H and O–H groups in total. The number of nitrogens with zero attached hydrogens (tertiary/aromatic N) is 2. The molecule has 0 spiro atoms. The average Bonchev–Trinajstić information content (AvgIpc) is 2.73. The van der Waals surface area contributed by atoms with Crippen molar-refractivity contribution >= 4 is 17.1 Å². The third-order valence-electron chi connectivity index (χ3n) is 3.44. The SMILES string of the molecule is COCc1nc(CN2CCCC(C)C2)sc1C(C)=O. The molecular weight excluding hydrogens is 260 g/mol. The minimum atomic E-state index is 0.0859. The molecule has 1 aromatic heterocycles. The van der Waals surface area contributed by atoms with Crippen molar-refractivity contribution in [1.82, 2.24) is 9.88 Å². The van der Waals surface area contributed by atoms with Crippen molar-refractivity contribution in [3.05, 3.63) is 15.6 Å². The van der Waals surface area contributed by atoms with Crippen molar-refractivity contribution < 1.29 is 9.53 Å². The van der Waals surface area contributed by atoms with Gasteiger partial charge in [-0.25, -0.2) is 4.98 Å². The van der Waals surface area contributed by atoms with Crippen LogP contribution >= 0.6 is 11.3 Å². The Morgan fingerprint density at radius 1 is 1.58 bits per heavy atom. The van der Waals surface area contributed by atoms with E-state index >= 15 is 0 Å². The number of methoxy groups -OCH3 is 1. The zero-order chi connectivity index (χ0) is 13.8. The van der Waals surface area contributed by atoms with Gasteiger partial charge in [-0.3, -0.25) is 9.69 Å². The Kier molecular flexibility index (Phi) is 5.07. The lowest BCUT2D eigenvalue weighted by Gasteiger charge is -2.29. The second kappa shape index (κ2) is 6.59. The fourth-order valence-electron chi connectivity index (χ4n) is 2.60. The van der Waals surface area contributed by atoms with Crippen molar-refractivity contribution in [2.24, 2.45) is 5.92 Å². The molecular formula is C14H22N2O2S. The van der Waals surface area contributed by atoms with E-state index in [0.717, 1.165) is 41.1 Å². The average molecular weight is 282 g/mol. The smallest absolute Gasteiger partial charge is 0.171 e. The summed E-state index contributed by atoms with van der Waals surface area (Å²) in [6, 6.07) is 0. The first-order chi connectivity index (χ1) is 9.10. The number of ether oxygens (including phenoxy) is 1. The van der Waals surface area contributed by atoms with E-state index < -0.39 is 0 Å². The first-order valence-electron chi connectivity index (χ1n) is 6.81. The number of rotatable bonds is 5. The van der Waals surface area contributed by atoms with E-state index in [9.17, 15) is 4.79 Å². The van der Waals surface area contributed by atoms with E-state index in [-0.39, 0.29) is 5.78 Å². The van der Waals surface area contributed by atoms with Gasteiger partial charge < -0.3 is 4.74 Å². The molecule has 0 radical (unpaired) electrons. The van der Waals surface area contributed by atoms with Gasteiger partial charge in [0.05, 0.1) is 23.7 Å². The highest BCUT2D eigenvalue weighted by Gasteiger charge is 2.20. The maximum absolute atomic E-state index is 11.6. The molecule has 1 aromatic rings. The fraction of sp³-hybridized carbons (Fsp3) is 0.714. The summed E-state index contributed by atoms with van der Waals surface area (Å²) in [5.41, 5.74) is 0.792. The Balaban J connectivity index is 2.07. The highest BCUT2D eigenvalue weighted by Crippen LogP contribution is 2.23. The van der Waals surface area contributed by atoms with Crippen molar-refractivity contribution in [2.45, 2.75) is 39.8 Å². The zero-order valence-corrected chi connectivity index (χ0v) is 12.8. The molecule has 1 aliphatic heterocycles. The summed E-state index contributed by atoms with van der Waals surface area (Å²) in [6.45, 7) is 7.44. The van der Waals surface area contributed by atoms with Gasteiger partial charge in [0.15, 0.2) is 5.78 Å². The van der Waals surface area contributed by atoms with Gasteiger partial charge in [0.1, 0.15) is 5.01 Å². The summed E-state index contributed by atoms with van der Waals surface area (Å²) >= 11 is 1.52. The van der Waals surface area contributed by atoms with E-state index in [1.807, 2.05) is 0 Å². The Hall–Kier alpha value is -0.780. The molecule has 19 heavy (non-hydrogen) atoms. The maximum Gasteiger partial charge on any atom is 0.171 e. The van der Waals surface area contributed by atoms with Gasteiger partial charge in [-0.15, -0.1) is 11.3 Å². The molecule has 2 heterocycles. The van der Waals surface area contributed by atoms with Crippen LogP contribution in [-0.4, -0.2) is 35.9 Å². The minimum Gasteiger partial charge on any atom is -0.378 e. The first-order valence-corrected chi connectivity index (χ1v) is 7.62. The lowest BCUT2D eigenvalue weighted by molar-refractivity contribution is 0.101. The van der Waals surface area contributed by atoms with Crippen LogP contribution in [0.4, 0.5) is 0 Å². The highest BCUT2D eigenvalue weighted by atomic mass is 32.1. The van der Waals surface area contributed by atoms with Crippen LogP contribution in [0.15, 0.2) is 0 Å². The Morgan fingerprint density at radius 3 is 3.00 bits per heavy atom. The molecule has 106 valence electrons. The van der Waals surface area contributed by atoms with Crippen LogP contribution in [0.3, 0.4) is 0 Å². The number of hydrogen-bond acceptors (Lipinski definition) is 5. The lowest BCUT2D eigenvalue weighted by atomic mass is 10.0. The van der Waals surface area contributed by atoms with Crippen molar-refractivity contribution in [2.75, 3.05) is 20.2 Å². The third kappa shape index (κ3) is 3.84. The van der Waals surface area contributed by atoms with Gasteiger partial charge in [0.25, 0.3) is 0 Å². The normalized spacial score (nSPS) is 20.7. The molecule has 5 heteroatoms. The molecule has 1 atom stereocenters. The number of aromatic nitrogens is 1. The van der Waals surface area contributed by atoms with Crippen LogP contribution in [0, 0.1) is 5.92 Å². The number of piperidine rings is 1. The van der Waals surface area contributed by atoms with Gasteiger partial charge in [0.2, 0.25) is 0 Å². The summed E-state index contributed by atoms with van der Waals surface area (Å²) in [4.78, 5) is 19.4. The number of carbonyl (C=O) groups excluding carboxylic acids is 1. The van der Waals surface area contributed by atoms with Crippen LogP contribution in [0.25, 0.3) is 0 Å². The quantitative estimate of drug-likeness (QED) is 0.779.